The first-order valence-electron chi connectivity index (χ1n) is 11.6. The zero-order valence-corrected chi connectivity index (χ0v) is 21.1. The highest BCUT2D eigenvalue weighted by Gasteiger charge is 2.36. The van der Waals surface area contributed by atoms with E-state index < -0.39 is 41.3 Å². The van der Waals surface area contributed by atoms with Crippen LogP contribution >= 0.6 is 0 Å². The van der Waals surface area contributed by atoms with E-state index in [1.807, 2.05) is 0 Å². The van der Waals surface area contributed by atoms with Crippen LogP contribution in [-0.2, 0) is 4.74 Å². The highest BCUT2D eigenvalue weighted by atomic mass is 19.1. The van der Waals surface area contributed by atoms with E-state index in [0.717, 1.165) is 0 Å². The van der Waals surface area contributed by atoms with E-state index >= 15 is 0 Å². The average molecular weight is 502 g/mol. The summed E-state index contributed by atoms with van der Waals surface area (Å²) in [6, 6.07) is 7.75. The number of nitrogens with one attached hydrogen (secondary N) is 1. The lowest BCUT2D eigenvalue weighted by Gasteiger charge is -2.24. The second kappa shape index (κ2) is 10.9. The number of hydrogen-bond donors (Lipinski definition) is 2. The number of nitrogens with two attached hydrogens (primary N) is 1. The third kappa shape index (κ3) is 6.12. The molecule has 0 spiro atoms. The van der Waals surface area contributed by atoms with Gasteiger partial charge in [0.2, 0.25) is 0 Å². The van der Waals surface area contributed by atoms with E-state index in [-0.39, 0.29) is 47.9 Å². The minimum atomic E-state index is -0.819. The summed E-state index contributed by atoms with van der Waals surface area (Å²) in [5.74, 6) is -1.81. The Labute approximate surface area is 209 Å². The van der Waals surface area contributed by atoms with Crippen LogP contribution in [-0.4, -0.2) is 67.2 Å². The first-order valence-corrected chi connectivity index (χ1v) is 11.6. The second-order valence-corrected chi connectivity index (χ2v) is 9.42. The molecule has 0 bridgehead atoms. The van der Waals surface area contributed by atoms with Crippen molar-refractivity contribution < 1.29 is 33.0 Å². The maximum Gasteiger partial charge on any atom is 0.410 e. The first-order chi connectivity index (χ1) is 16.9. The smallest absolute Gasteiger partial charge is 0.410 e. The van der Waals surface area contributed by atoms with Gasteiger partial charge < -0.3 is 30.2 Å². The third-order valence-electron chi connectivity index (χ3n) is 5.56. The number of amides is 2. The van der Waals surface area contributed by atoms with Crippen molar-refractivity contribution in [1.29, 1.82) is 0 Å². The fourth-order valence-electron chi connectivity index (χ4n) is 3.81. The fraction of sp³-hybridized carbons (Fsp3) is 0.423. The van der Waals surface area contributed by atoms with Gasteiger partial charge in [0.1, 0.15) is 16.9 Å². The van der Waals surface area contributed by atoms with Gasteiger partial charge in [0, 0.05) is 30.3 Å². The van der Waals surface area contributed by atoms with E-state index in [2.05, 4.69) is 5.32 Å². The van der Waals surface area contributed by atoms with Gasteiger partial charge in [-0.2, -0.15) is 0 Å². The molecule has 1 fully saturated rings. The summed E-state index contributed by atoms with van der Waals surface area (Å²) in [4.78, 5) is 39.7. The number of ether oxygens (including phenoxy) is 3. The van der Waals surface area contributed by atoms with Gasteiger partial charge >= 0.3 is 6.09 Å². The molecule has 3 N–H and O–H groups in total. The van der Waals surface area contributed by atoms with Gasteiger partial charge in [0.25, 0.3) is 5.91 Å². The number of carbonyl (C=O) groups is 3. The molecule has 2 aromatic carbocycles. The molecular weight excluding hydrogens is 469 g/mol. The summed E-state index contributed by atoms with van der Waals surface area (Å²) in [5, 5.41) is 2.83. The Kier molecular flexibility index (Phi) is 8.19. The Bertz CT molecular complexity index is 1130. The number of methoxy groups -OCH3 is 1. The number of nitrogens with zero attached hydrogens (tertiary/aromatic N) is 1. The van der Waals surface area contributed by atoms with E-state index in [1.165, 1.54) is 48.4 Å². The van der Waals surface area contributed by atoms with Crippen molar-refractivity contribution in [3.8, 4) is 11.5 Å². The van der Waals surface area contributed by atoms with Crippen LogP contribution in [0.2, 0.25) is 0 Å². The van der Waals surface area contributed by atoms with Crippen LogP contribution in [0.15, 0.2) is 36.4 Å². The SMILES string of the molecule is CCOc1ccc(OC)c(F)c1C(=O)c1ccc(C(=O)N[C@H]2CN(C(=O)OC(C)(C)C)C[C@H]2N)cc1. The van der Waals surface area contributed by atoms with Gasteiger partial charge in [-0.1, -0.05) is 12.1 Å². The van der Waals surface area contributed by atoms with Crippen LogP contribution in [0.5, 0.6) is 11.5 Å². The Morgan fingerprint density at radius 2 is 1.67 bits per heavy atom. The molecule has 2 atom stereocenters. The average Bonchev–Trinajstić information content (AvgIpc) is 3.18. The minimum absolute atomic E-state index is 0.0777. The van der Waals surface area contributed by atoms with Gasteiger partial charge in [-0.05, 0) is 52.0 Å². The molecule has 36 heavy (non-hydrogen) atoms. The van der Waals surface area contributed by atoms with Crippen molar-refractivity contribution in [3.05, 3.63) is 58.9 Å². The molecule has 10 heteroatoms. The van der Waals surface area contributed by atoms with Crippen molar-refractivity contribution in [1.82, 2.24) is 10.2 Å². The highest BCUT2D eigenvalue weighted by molar-refractivity contribution is 6.11. The van der Waals surface area contributed by atoms with E-state index in [1.54, 1.807) is 27.7 Å². The van der Waals surface area contributed by atoms with E-state index in [0.29, 0.717) is 0 Å². The quantitative estimate of drug-likeness (QED) is 0.559. The molecule has 2 amide bonds. The molecule has 1 aliphatic rings. The van der Waals surface area contributed by atoms with Crippen molar-refractivity contribution in [3.63, 3.8) is 0 Å². The topological polar surface area (TPSA) is 120 Å². The van der Waals surface area contributed by atoms with Crippen molar-refractivity contribution in [2.45, 2.75) is 45.4 Å². The summed E-state index contributed by atoms with van der Waals surface area (Å²) in [6.45, 7) is 7.76. The Balaban J connectivity index is 1.71. The molecule has 0 aliphatic carbocycles. The molecule has 1 heterocycles. The Hall–Kier alpha value is -3.66. The number of hydrogen-bond acceptors (Lipinski definition) is 7. The Morgan fingerprint density at radius 1 is 1.06 bits per heavy atom. The second-order valence-electron chi connectivity index (χ2n) is 9.42. The monoisotopic (exact) mass is 501 g/mol. The molecule has 1 aliphatic heterocycles. The zero-order valence-electron chi connectivity index (χ0n) is 21.1. The summed E-state index contributed by atoms with van der Waals surface area (Å²) in [5.41, 5.74) is 5.71. The largest absolute Gasteiger partial charge is 0.494 e. The number of ketones is 1. The fourth-order valence-corrected chi connectivity index (χ4v) is 3.81. The van der Waals surface area contributed by atoms with Gasteiger partial charge in [-0.15, -0.1) is 0 Å². The maximum atomic E-state index is 14.9. The Morgan fingerprint density at radius 3 is 2.25 bits per heavy atom. The van der Waals surface area contributed by atoms with Crippen molar-refractivity contribution in [2.75, 3.05) is 26.8 Å². The van der Waals surface area contributed by atoms with Crippen LogP contribution in [0.3, 0.4) is 0 Å². The summed E-state index contributed by atoms with van der Waals surface area (Å²) < 4.78 is 30.7. The van der Waals surface area contributed by atoms with Crippen molar-refractivity contribution >= 4 is 17.8 Å². The normalized spacial score (nSPS) is 17.5. The third-order valence-corrected chi connectivity index (χ3v) is 5.56. The molecule has 0 radical (unpaired) electrons. The number of benzene rings is 2. The first kappa shape index (κ1) is 26.9. The highest BCUT2D eigenvalue weighted by Crippen LogP contribution is 2.31. The predicted octanol–water partition coefficient (Wildman–Crippen LogP) is 3.14. The summed E-state index contributed by atoms with van der Waals surface area (Å²) in [6.07, 6.45) is -0.492. The van der Waals surface area contributed by atoms with Crippen LogP contribution in [0.4, 0.5) is 9.18 Å². The molecule has 194 valence electrons. The van der Waals surface area contributed by atoms with Crippen LogP contribution < -0.4 is 20.5 Å². The van der Waals surface area contributed by atoms with Crippen LogP contribution in [0.1, 0.15) is 54.0 Å². The molecule has 0 aromatic heterocycles. The molecule has 0 unspecified atom stereocenters. The van der Waals surface area contributed by atoms with Gasteiger partial charge in [-0.25, -0.2) is 9.18 Å². The number of carbonyl (C=O) groups excluding carboxylic acids is 3. The number of halogens is 1. The van der Waals surface area contributed by atoms with Crippen LogP contribution in [0, 0.1) is 5.82 Å². The number of likely N-dealkylation sites (tertiary alicyclic amines) is 1. The van der Waals surface area contributed by atoms with E-state index in [9.17, 15) is 18.8 Å². The molecule has 3 rings (SSSR count). The van der Waals surface area contributed by atoms with Gasteiger partial charge in [0.05, 0.1) is 19.8 Å². The van der Waals surface area contributed by atoms with Gasteiger partial charge in [-0.3, -0.25) is 9.59 Å². The molecule has 0 saturated carbocycles. The molecule has 9 nitrogen and oxygen atoms in total. The number of rotatable bonds is 7. The van der Waals surface area contributed by atoms with E-state index in [4.69, 9.17) is 19.9 Å². The summed E-state index contributed by atoms with van der Waals surface area (Å²) in [7, 11) is 1.31. The lowest BCUT2D eigenvalue weighted by Crippen LogP contribution is -2.46. The molecule has 2 aromatic rings. The van der Waals surface area contributed by atoms with Gasteiger partial charge in [0.15, 0.2) is 17.3 Å². The maximum absolute atomic E-state index is 14.9. The standard InChI is InChI=1S/C26H32FN3O6/c1-6-35-19-11-12-20(34-5)22(27)21(19)23(31)15-7-9-16(10-8-15)24(32)29-18-14-30(13-17(18)28)25(33)36-26(2,3)4/h7-12,17-18H,6,13-14,28H2,1-5H3,(H,29,32)/t17-,18+/m1/s1. The lowest BCUT2D eigenvalue weighted by atomic mass is 10.00. The molecular formula is C26H32FN3O6. The van der Waals surface area contributed by atoms with Crippen LogP contribution in [0.25, 0.3) is 0 Å². The van der Waals surface area contributed by atoms with Crippen molar-refractivity contribution in [2.24, 2.45) is 5.73 Å². The minimum Gasteiger partial charge on any atom is -0.494 e. The predicted molar refractivity (Wildman–Crippen MR) is 131 cm³/mol. The molecule has 1 saturated heterocycles. The lowest BCUT2D eigenvalue weighted by molar-refractivity contribution is 0.0288. The zero-order chi connectivity index (χ0) is 26.6. The summed E-state index contributed by atoms with van der Waals surface area (Å²) >= 11 is 0.